The number of furan rings is 1. The third-order valence-corrected chi connectivity index (χ3v) is 6.49. The van der Waals surface area contributed by atoms with Crippen molar-refractivity contribution in [3.8, 4) is 22.8 Å². The highest BCUT2D eigenvalue weighted by Crippen LogP contribution is 2.32. The smallest absolute Gasteiger partial charge is 0.250 e. The monoisotopic (exact) mass is 561 g/mol. The van der Waals surface area contributed by atoms with Crippen molar-refractivity contribution in [1.82, 2.24) is 10.3 Å². The van der Waals surface area contributed by atoms with Gasteiger partial charge < -0.3 is 14.2 Å². The second kappa shape index (κ2) is 11.2. The van der Waals surface area contributed by atoms with E-state index in [0.717, 1.165) is 17.5 Å². The fourth-order valence-corrected chi connectivity index (χ4v) is 4.30. The van der Waals surface area contributed by atoms with Crippen molar-refractivity contribution in [3.05, 3.63) is 100 Å². The number of anilines is 1. The SMILES string of the molecule is CCc1ccc2oc(-c3cc(NC(=S)NC(=O)C=Cc4ccc(-c5ccc(Cl)cc5)o4)ccc3Cl)nc2c1. The maximum Gasteiger partial charge on any atom is 0.250 e. The van der Waals surface area contributed by atoms with Gasteiger partial charge in [-0.1, -0.05) is 36.2 Å². The van der Waals surface area contributed by atoms with Crippen LogP contribution in [-0.4, -0.2) is 16.0 Å². The van der Waals surface area contributed by atoms with Gasteiger partial charge in [0.2, 0.25) is 11.8 Å². The van der Waals surface area contributed by atoms with Crippen molar-refractivity contribution in [2.45, 2.75) is 13.3 Å². The Kier molecular flexibility index (Phi) is 7.60. The molecule has 0 saturated heterocycles. The third kappa shape index (κ3) is 5.97. The summed E-state index contributed by atoms with van der Waals surface area (Å²) in [5.41, 5.74) is 4.72. The lowest BCUT2D eigenvalue weighted by atomic mass is 10.1. The Balaban J connectivity index is 1.23. The van der Waals surface area contributed by atoms with Gasteiger partial charge in [0.25, 0.3) is 0 Å². The molecule has 0 aliphatic heterocycles. The predicted octanol–water partition coefficient (Wildman–Crippen LogP) is 8.15. The molecule has 5 rings (SSSR count). The van der Waals surface area contributed by atoms with Crippen molar-refractivity contribution in [1.29, 1.82) is 0 Å². The fraction of sp³-hybridized carbons (Fsp3) is 0.0690. The number of rotatable bonds is 6. The molecule has 3 aromatic carbocycles. The van der Waals surface area contributed by atoms with Gasteiger partial charge in [-0.2, -0.15) is 0 Å². The van der Waals surface area contributed by atoms with E-state index in [-0.39, 0.29) is 5.11 Å². The van der Waals surface area contributed by atoms with Crippen LogP contribution in [0.25, 0.3) is 40.0 Å². The summed E-state index contributed by atoms with van der Waals surface area (Å²) in [5, 5.41) is 6.86. The number of hydrogen-bond donors (Lipinski definition) is 2. The molecule has 2 N–H and O–H groups in total. The Morgan fingerprint density at radius 2 is 1.82 bits per heavy atom. The van der Waals surface area contributed by atoms with E-state index in [9.17, 15) is 4.79 Å². The molecular formula is C29H21Cl2N3O3S. The van der Waals surface area contributed by atoms with E-state index >= 15 is 0 Å². The highest BCUT2D eigenvalue weighted by molar-refractivity contribution is 7.80. The number of aromatic nitrogens is 1. The highest BCUT2D eigenvalue weighted by atomic mass is 35.5. The van der Waals surface area contributed by atoms with Gasteiger partial charge in [-0.05, 0) is 97.0 Å². The zero-order chi connectivity index (χ0) is 26.6. The molecule has 0 radical (unpaired) electrons. The van der Waals surface area contributed by atoms with Crippen molar-refractivity contribution < 1.29 is 13.6 Å². The van der Waals surface area contributed by atoms with Crippen LogP contribution in [0.3, 0.4) is 0 Å². The standard InChI is InChI=1S/C29H21Cl2N3O3S/c1-2-17-3-12-26-24(15-17)33-28(37-26)22-16-20(8-11-23(22)31)32-29(38)34-27(35)14-10-21-9-13-25(36-21)18-4-6-19(30)7-5-18/h3-16H,2H2,1H3,(H2,32,34,35,38). The lowest BCUT2D eigenvalue weighted by Crippen LogP contribution is -2.32. The molecule has 0 spiro atoms. The third-order valence-electron chi connectivity index (χ3n) is 5.71. The van der Waals surface area contributed by atoms with Crippen molar-refractivity contribution in [3.63, 3.8) is 0 Å². The van der Waals surface area contributed by atoms with Gasteiger partial charge in [0.1, 0.15) is 17.0 Å². The van der Waals surface area contributed by atoms with E-state index in [1.807, 2.05) is 36.4 Å². The Morgan fingerprint density at radius 3 is 2.61 bits per heavy atom. The molecule has 0 aliphatic rings. The molecule has 9 heteroatoms. The number of nitrogens with one attached hydrogen (secondary N) is 2. The van der Waals surface area contributed by atoms with Crippen LogP contribution >= 0.6 is 35.4 Å². The molecule has 2 aromatic heterocycles. The van der Waals surface area contributed by atoms with Crippen molar-refractivity contribution in [2.24, 2.45) is 0 Å². The van der Waals surface area contributed by atoms with Gasteiger partial charge in [0, 0.05) is 22.3 Å². The molecule has 0 atom stereocenters. The Hall–Kier alpha value is -3.91. The topological polar surface area (TPSA) is 80.3 Å². The van der Waals surface area contributed by atoms with E-state index in [4.69, 9.17) is 44.3 Å². The maximum absolute atomic E-state index is 12.4. The molecule has 2 heterocycles. The predicted molar refractivity (Wildman–Crippen MR) is 156 cm³/mol. The first-order valence-electron chi connectivity index (χ1n) is 11.7. The number of hydrogen-bond acceptors (Lipinski definition) is 5. The summed E-state index contributed by atoms with van der Waals surface area (Å²) >= 11 is 17.7. The maximum atomic E-state index is 12.4. The van der Waals surface area contributed by atoms with Gasteiger partial charge in [-0.3, -0.25) is 10.1 Å². The van der Waals surface area contributed by atoms with Crippen LogP contribution in [0.2, 0.25) is 10.0 Å². The molecule has 190 valence electrons. The summed E-state index contributed by atoms with van der Waals surface area (Å²) in [4.78, 5) is 17.0. The number of benzene rings is 3. The molecule has 6 nitrogen and oxygen atoms in total. The number of oxazole rings is 1. The summed E-state index contributed by atoms with van der Waals surface area (Å²) in [6, 6.07) is 22.0. The Bertz CT molecular complexity index is 1670. The first-order valence-corrected chi connectivity index (χ1v) is 12.9. The van der Waals surface area contributed by atoms with E-state index in [0.29, 0.717) is 44.3 Å². The molecule has 0 aliphatic carbocycles. The van der Waals surface area contributed by atoms with Crippen molar-refractivity contribution >= 4 is 69.3 Å². The number of nitrogens with zero attached hydrogens (tertiary/aromatic N) is 1. The normalized spacial score (nSPS) is 11.2. The summed E-state index contributed by atoms with van der Waals surface area (Å²) in [6.45, 7) is 2.08. The molecule has 38 heavy (non-hydrogen) atoms. The van der Waals surface area contributed by atoms with Crippen LogP contribution in [0.5, 0.6) is 0 Å². The number of aryl methyl sites for hydroxylation is 1. The second-order valence-corrected chi connectivity index (χ2v) is 9.61. The van der Waals surface area contributed by atoms with Crippen molar-refractivity contribution in [2.75, 3.05) is 5.32 Å². The minimum absolute atomic E-state index is 0.124. The molecular weight excluding hydrogens is 541 g/mol. The average molecular weight is 562 g/mol. The number of fused-ring (bicyclic) bond motifs is 1. The number of carbonyl (C=O) groups is 1. The first-order chi connectivity index (χ1) is 18.4. The van der Waals surface area contributed by atoms with E-state index in [2.05, 4.69) is 22.5 Å². The first kappa shape index (κ1) is 25.7. The zero-order valence-corrected chi connectivity index (χ0v) is 22.5. The fourth-order valence-electron chi connectivity index (χ4n) is 3.76. The lowest BCUT2D eigenvalue weighted by molar-refractivity contribution is -0.115. The van der Waals surface area contributed by atoms with Gasteiger partial charge >= 0.3 is 0 Å². The van der Waals surface area contributed by atoms with Crippen LogP contribution in [-0.2, 0) is 11.2 Å². The number of halogens is 2. The van der Waals surface area contributed by atoms with Crippen LogP contribution in [0, 0.1) is 0 Å². The van der Waals surface area contributed by atoms with Gasteiger partial charge in [-0.25, -0.2) is 4.98 Å². The molecule has 0 saturated carbocycles. The molecule has 0 bridgehead atoms. The number of carbonyl (C=O) groups excluding carboxylic acids is 1. The minimum atomic E-state index is -0.410. The highest BCUT2D eigenvalue weighted by Gasteiger charge is 2.14. The lowest BCUT2D eigenvalue weighted by Gasteiger charge is -2.09. The van der Waals surface area contributed by atoms with Gasteiger partial charge in [-0.15, -0.1) is 0 Å². The summed E-state index contributed by atoms with van der Waals surface area (Å²) in [7, 11) is 0. The molecule has 0 unspecified atom stereocenters. The van der Waals surface area contributed by atoms with Crippen LogP contribution < -0.4 is 10.6 Å². The summed E-state index contributed by atoms with van der Waals surface area (Å²) in [5.74, 6) is 1.18. The zero-order valence-electron chi connectivity index (χ0n) is 20.1. The van der Waals surface area contributed by atoms with E-state index < -0.39 is 5.91 Å². The number of thiocarbonyl (C=S) groups is 1. The minimum Gasteiger partial charge on any atom is -0.457 e. The van der Waals surface area contributed by atoms with Crippen LogP contribution in [0.1, 0.15) is 18.2 Å². The summed E-state index contributed by atoms with van der Waals surface area (Å²) < 4.78 is 11.7. The number of amides is 1. The van der Waals surface area contributed by atoms with Gasteiger partial charge in [0.05, 0.1) is 10.6 Å². The van der Waals surface area contributed by atoms with Gasteiger partial charge in [0.15, 0.2) is 10.7 Å². The Morgan fingerprint density at radius 1 is 1.00 bits per heavy atom. The molecule has 5 aromatic rings. The van der Waals surface area contributed by atoms with E-state index in [1.54, 1.807) is 42.5 Å². The van der Waals surface area contributed by atoms with E-state index in [1.165, 1.54) is 11.6 Å². The Labute approximate surface area is 234 Å². The summed E-state index contributed by atoms with van der Waals surface area (Å²) in [6.07, 6.45) is 3.81. The largest absolute Gasteiger partial charge is 0.457 e. The average Bonchev–Trinajstić information content (AvgIpc) is 3.55. The molecule has 1 amide bonds. The van der Waals surface area contributed by atoms with Crippen LogP contribution in [0.15, 0.2) is 87.7 Å². The quantitative estimate of drug-likeness (QED) is 0.161. The molecule has 0 fully saturated rings. The second-order valence-electron chi connectivity index (χ2n) is 8.35. The van der Waals surface area contributed by atoms with Crippen LogP contribution in [0.4, 0.5) is 5.69 Å².